The number of benzene rings is 2. The molecule has 4 rings (SSSR count). The van der Waals surface area contributed by atoms with Crippen LogP contribution in [0.3, 0.4) is 0 Å². The summed E-state index contributed by atoms with van der Waals surface area (Å²) in [5.41, 5.74) is 2.75. The normalized spacial score (nSPS) is 14.8. The van der Waals surface area contributed by atoms with Gasteiger partial charge in [-0.2, -0.15) is 0 Å². The number of carbonyl (C=O) groups is 4. The monoisotopic (exact) mass is 641 g/mol. The van der Waals surface area contributed by atoms with E-state index < -0.39 is 18.2 Å². The van der Waals surface area contributed by atoms with Crippen molar-refractivity contribution in [1.29, 1.82) is 0 Å². The van der Waals surface area contributed by atoms with Crippen LogP contribution >= 0.6 is 21.6 Å². The molecule has 0 unspecified atom stereocenters. The molecule has 1 aliphatic heterocycles. The quantitative estimate of drug-likeness (QED) is 0.107. The van der Waals surface area contributed by atoms with Gasteiger partial charge in [0, 0.05) is 18.1 Å². The molecule has 2 aromatic rings. The number of amides is 4. The fraction of sp³-hybridized carbons (Fsp3) is 0.438. The number of anilines is 2. The van der Waals surface area contributed by atoms with Gasteiger partial charge in [0.05, 0.1) is 24.4 Å². The molecule has 10 nitrogen and oxygen atoms in total. The Labute approximate surface area is 266 Å². The zero-order valence-electron chi connectivity index (χ0n) is 24.9. The van der Waals surface area contributed by atoms with Crippen molar-refractivity contribution in [2.24, 2.45) is 5.41 Å². The first-order valence-corrected chi connectivity index (χ1v) is 17.3. The topological polar surface area (TPSA) is 123 Å². The number of nitrogens with zero attached hydrogens (tertiary/aromatic N) is 1. The van der Waals surface area contributed by atoms with Crippen molar-refractivity contribution < 1.29 is 33.4 Å². The average Bonchev–Trinajstić information content (AvgIpc) is 3.19. The molecule has 2 aliphatic rings. The molecule has 0 spiro atoms. The van der Waals surface area contributed by atoms with Crippen molar-refractivity contribution in [2.45, 2.75) is 45.4 Å². The molecule has 2 aromatic carbocycles. The number of urea groups is 1. The van der Waals surface area contributed by atoms with Gasteiger partial charge in [0.2, 0.25) is 0 Å². The van der Waals surface area contributed by atoms with Crippen molar-refractivity contribution >= 4 is 69.3 Å². The second-order valence-corrected chi connectivity index (χ2v) is 13.2. The third kappa shape index (κ3) is 9.68. The van der Waals surface area contributed by atoms with Gasteiger partial charge in [0.1, 0.15) is 13.2 Å². The first-order chi connectivity index (χ1) is 21.4. The van der Waals surface area contributed by atoms with Crippen LogP contribution in [-0.2, 0) is 19.0 Å². The largest absolute Gasteiger partial charge is 0.466 e. The maximum atomic E-state index is 13.2. The highest BCUT2D eigenvalue weighted by atomic mass is 33.1. The average molecular weight is 642 g/mol. The number of fused-ring (bicyclic) bond motifs is 2. The Bertz CT molecular complexity index is 1280. The number of carbonyl (C=O) groups excluding carboxylic acids is 4. The molecule has 0 saturated heterocycles. The molecule has 12 heteroatoms. The SMILES string of the molecule is CCOC(=O)CC1(CNC(=O)OCCSSCCOC(=O)NC(=O)N2c3ccccc3C=Cc3ccccc32)CCCCC1. The Morgan fingerprint density at radius 1 is 0.795 bits per heavy atom. The molecule has 0 atom stereocenters. The standard InChI is InChI=1S/C32H39N3O7S2/c1-2-40-28(36)22-32(16-8-3-9-17-32)23-33-30(38)41-18-20-43-44-21-19-42-31(39)34-29(37)35-26-12-6-4-10-24(26)14-15-25-11-5-7-13-27(25)35/h4-7,10-15H,2-3,8-9,16-23H2,1H3,(H,33,38)(H,34,37,39). The van der Waals surface area contributed by atoms with E-state index in [9.17, 15) is 19.2 Å². The zero-order chi connectivity index (χ0) is 31.2. The summed E-state index contributed by atoms with van der Waals surface area (Å²) in [6.45, 7) is 2.86. The number of imide groups is 1. The lowest BCUT2D eigenvalue weighted by Crippen LogP contribution is -2.41. The van der Waals surface area contributed by atoms with Gasteiger partial charge in [-0.05, 0) is 48.4 Å². The van der Waals surface area contributed by atoms with Gasteiger partial charge in [-0.25, -0.2) is 19.7 Å². The molecule has 1 fully saturated rings. The van der Waals surface area contributed by atoms with Crippen LogP contribution in [0.15, 0.2) is 48.5 Å². The van der Waals surface area contributed by atoms with Gasteiger partial charge in [0.15, 0.2) is 0 Å². The first-order valence-electron chi connectivity index (χ1n) is 14.9. The Morgan fingerprint density at radius 2 is 1.36 bits per heavy atom. The smallest absolute Gasteiger partial charge is 0.415 e. The van der Waals surface area contributed by atoms with E-state index in [1.54, 1.807) is 6.92 Å². The van der Waals surface area contributed by atoms with Crippen LogP contribution in [0.5, 0.6) is 0 Å². The van der Waals surface area contributed by atoms with Crippen LogP contribution in [0.25, 0.3) is 12.2 Å². The molecule has 0 aromatic heterocycles. The molecule has 1 saturated carbocycles. The van der Waals surface area contributed by atoms with E-state index in [0.717, 1.165) is 43.2 Å². The lowest BCUT2D eigenvalue weighted by Gasteiger charge is -2.36. The zero-order valence-corrected chi connectivity index (χ0v) is 26.5. The van der Waals surface area contributed by atoms with Crippen molar-refractivity contribution in [3.05, 3.63) is 59.7 Å². The summed E-state index contributed by atoms with van der Waals surface area (Å²) in [5, 5.41) is 5.16. The number of rotatable bonds is 12. The summed E-state index contributed by atoms with van der Waals surface area (Å²) >= 11 is 0. The van der Waals surface area contributed by atoms with E-state index in [1.165, 1.54) is 26.5 Å². The number of alkyl carbamates (subject to hydrolysis) is 2. The summed E-state index contributed by atoms with van der Waals surface area (Å²) in [6.07, 6.45) is 7.81. The summed E-state index contributed by atoms with van der Waals surface area (Å²) < 4.78 is 15.7. The third-order valence-electron chi connectivity index (χ3n) is 7.44. The third-order valence-corrected chi connectivity index (χ3v) is 9.77. The Balaban J connectivity index is 1.11. The van der Waals surface area contributed by atoms with Gasteiger partial charge in [-0.1, -0.05) is 89.4 Å². The van der Waals surface area contributed by atoms with Crippen molar-refractivity contribution in [2.75, 3.05) is 42.8 Å². The first kappa shape index (κ1) is 33.3. The molecule has 4 amide bonds. The van der Waals surface area contributed by atoms with Gasteiger partial charge in [-0.3, -0.25) is 9.69 Å². The Kier molecular flexibility index (Phi) is 12.9. The predicted molar refractivity (Wildman–Crippen MR) is 175 cm³/mol. The molecule has 236 valence electrons. The summed E-state index contributed by atoms with van der Waals surface area (Å²) in [7, 11) is 2.96. The van der Waals surface area contributed by atoms with Crippen LogP contribution in [-0.4, -0.2) is 62.1 Å². The van der Waals surface area contributed by atoms with Crippen molar-refractivity contribution in [3.8, 4) is 0 Å². The number of para-hydroxylation sites is 2. The molecular weight excluding hydrogens is 603 g/mol. The highest BCUT2D eigenvalue weighted by Crippen LogP contribution is 2.39. The number of esters is 1. The highest BCUT2D eigenvalue weighted by Gasteiger charge is 2.35. The van der Waals surface area contributed by atoms with E-state index >= 15 is 0 Å². The fourth-order valence-electron chi connectivity index (χ4n) is 5.37. The highest BCUT2D eigenvalue weighted by molar-refractivity contribution is 8.76. The van der Waals surface area contributed by atoms with Gasteiger partial charge in [0.25, 0.3) is 0 Å². The Morgan fingerprint density at radius 3 is 1.95 bits per heavy atom. The molecule has 0 radical (unpaired) electrons. The lowest BCUT2D eigenvalue weighted by atomic mass is 9.72. The van der Waals surface area contributed by atoms with Crippen LogP contribution in [0.4, 0.5) is 25.8 Å². The number of nitrogens with one attached hydrogen (secondary N) is 2. The molecule has 0 bridgehead atoms. The van der Waals surface area contributed by atoms with E-state index in [1.807, 2.05) is 60.7 Å². The molecule has 1 heterocycles. The maximum Gasteiger partial charge on any atom is 0.415 e. The van der Waals surface area contributed by atoms with Crippen LogP contribution in [0.2, 0.25) is 0 Å². The van der Waals surface area contributed by atoms with E-state index in [0.29, 0.717) is 42.5 Å². The van der Waals surface area contributed by atoms with E-state index in [-0.39, 0.29) is 24.6 Å². The number of ether oxygens (including phenoxy) is 3. The number of hydrogen-bond acceptors (Lipinski definition) is 9. The summed E-state index contributed by atoms with van der Waals surface area (Å²) in [4.78, 5) is 51.4. The minimum atomic E-state index is -0.827. The molecule has 2 N–H and O–H groups in total. The summed E-state index contributed by atoms with van der Waals surface area (Å²) in [5.74, 6) is 0.824. The Hall–Kier alpha value is -3.64. The van der Waals surface area contributed by atoms with Gasteiger partial charge < -0.3 is 19.5 Å². The van der Waals surface area contributed by atoms with Crippen molar-refractivity contribution in [3.63, 3.8) is 0 Å². The predicted octanol–water partition coefficient (Wildman–Crippen LogP) is 7.17. The molecule has 44 heavy (non-hydrogen) atoms. The second kappa shape index (κ2) is 17.0. The van der Waals surface area contributed by atoms with Crippen LogP contribution in [0.1, 0.15) is 56.6 Å². The van der Waals surface area contributed by atoms with Crippen LogP contribution in [0, 0.1) is 5.41 Å². The van der Waals surface area contributed by atoms with Gasteiger partial charge in [-0.15, -0.1) is 0 Å². The minimum absolute atomic E-state index is 0.107. The molecular formula is C32H39N3O7S2. The minimum Gasteiger partial charge on any atom is -0.466 e. The van der Waals surface area contributed by atoms with E-state index in [2.05, 4.69) is 10.6 Å². The van der Waals surface area contributed by atoms with Crippen LogP contribution < -0.4 is 15.5 Å². The number of hydrogen-bond donors (Lipinski definition) is 2. The summed E-state index contributed by atoms with van der Waals surface area (Å²) in [6, 6.07) is 14.3. The second-order valence-electron chi connectivity index (χ2n) is 10.5. The fourth-order valence-corrected chi connectivity index (χ4v) is 7.03. The van der Waals surface area contributed by atoms with E-state index in [4.69, 9.17) is 14.2 Å². The van der Waals surface area contributed by atoms with Gasteiger partial charge >= 0.3 is 24.2 Å². The lowest BCUT2D eigenvalue weighted by molar-refractivity contribution is -0.146. The maximum absolute atomic E-state index is 13.2. The molecule has 1 aliphatic carbocycles. The van der Waals surface area contributed by atoms with Crippen molar-refractivity contribution in [1.82, 2.24) is 10.6 Å².